The summed E-state index contributed by atoms with van der Waals surface area (Å²) in [6.45, 7) is 4.70. The molecule has 0 radical (unpaired) electrons. The van der Waals surface area contributed by atoms with Crippen molar-refractivity contribution in [2.75, 3.05) is 10.2 Å². The molecule has 2 heteroatoms. The maximum Gasteiger partial charge on any atom is 0.0465 e. The van der Waals surface area contributed by atoms with Gasteiger partial charge in [-0.05, 0) is 162 Å². The summed E-state index contributed by atoms with van der Waals surface area (Å²) in [5, 5.41) is 3.80. The molecule has 71 heavy (non-hydrogen) atoms. The topological polar surface area (TPSA) is 15.3 Å². The monoisotopic (exact) mass is 908 g/mol. The first-order valence-electron chi connectivity index (χ1n) is 24.6. The predicted octanol–water partition coefficient (Wildman–Crippen LogP) is 19.2. The van der Waals surface area contributed by atoms with Crippen LogP contribution in [0.25, 0.3) is 77.9 Å². The van der Waals surface area contributed by atoms with Gasteiger partial charge in [0.25, 0.3) is 0 Å². The number of benzene rings is 11. The molecular formula is C69H52N2. The van der Waals surface area contributed by atoms with Crippen LogP contribution in [-0.4, -0.2) is 0 Å². The van der Waals surface area contributed by atoms with E-state index in [2.05, 4.69) is 297 Å². The molecule has 1 N–H and O–H groups in total. The van der Waals surface area contributed by atoms with Crippen molar-refractivity contribution in [3.8, 4) is 77.9 Å². The Morgan fingerprint density at radius 2 is 0.676 bits per heavy atom. The van der Waals surface area contributed by atoms with Crippen molar-refractivity contribution < 1.29 is 0 Å². The molecule has 0 aliphatic heterocycles. The summed E-state index contributed by atoms with van der Waals surface area (Å²) >= 11 is 0. The Kier molecular flexibility index (Phi) is 11.3. The van der Waals surface area contributed by atoms with E-state index in [0.29, 0.717) is 0 Å². The summed E-state index contributed by atoms with van der Waals surface area (Å²) in [5.41, 5.74) is 24.8. The van der Waals surface area contributed by atoms with Gasteiger partial charge in [0.1, 0.15) is 0 Å². The minimum atomic E-state index is -0.108. The lowest BCUT2D eigenvalue weighted by atomic mass is 9.82. The predicted molar refractivity (Wildman–Crippen MR) is 301 cm³/mol. The summed E-state index contributed by atoms with van der Waals surface area (Å²) in [6, 6.07) is 99.0. The van der Waals surface area contributed by atoms with E-state index in [9.17, 15) is 0 Å². The van der Waals surface area contributed by atoms with E-state index in [1.165, 1.54) is 66.8 Å². The quantitative estimate of drug-likeness (QED) is 0.139. The number of nitrogens with zero attached hydrogens (tertiary/aromatic N) is 1. The molecule has 11 aromatic carbocycles. The van der Waals surface area contributed by atoms with Crippen molar-refractivity contribution in [1.82, 2.24) is 0 Å². The first-order chi connectivity index (χ1) is 34.9. The van der Waals surface area contributed by atoms with Crippen LogP contribution in [0.15, 0.2) is 273 Å². The van der Waals surface area contributed by atoms with Gasteiger partial charge in [-0.15, -0.1) is 0 Å². The Labute approximate surface area is 417 Å². The number of rotatable bonds is 11. The molecule has 12 rings (SSSR count). The third-order valence-electron chi connectivity index (χ3n) is 14.3. The lowest BCUT2D eigenvalue weighted by molar-refractivity contribution is 0.660. The standard InChI is InChI=1S/C69H52N2/c1-69(2)67-26-16-15-25-64(67)65-42-40-62(47-68(65)69)71(60-36-29-52(30-37-60)48-17-7-3-8-18-48)61-38-31-53(32-39-61)51-27-34-58(35-28-51)70-59-44-56(50-21-11-5-12-22-50)43-57(45-59)63-41-33-55(49-19-9-4-10-20-49)46-66(63)54-23-13-6-14-24-54/h3-47,70H,1-2H3. The van der Waals surface area contributed by atoms with Gasteiger partial charge in [0, 0.05) is 33.9 Å². The molecule has 338 valence electrons. The van der Waals surface area contributed by atoms with Gasteiger partial charge in [-0.3, -0.25) is 0 Å². The minimum Gasteiger partial charge on any atom is -0.355 e. The van der Waals surface area contributed by atoms with E-state index < -0.39 is 0 Å². The van der Waals surface area contributed by atoms with Gasteiger partial charge < -0.3 is 10.2 Å². The molecule has 0 heterocycles. The molecule has 0 unspecified atom stereocenters. The van der Waals surface area contributed by atoms with Crippen molar-refractivity contribution in [1.29, 1.82) is 0 Å². The number of anilines is 5. The van der Waals surface area contributed by atoms with Gasteiger partial charge >= 0.3 is 0 Å². The number of fused-ring (bicyclic) bond motifs is 3. The lowest BCUT2D eigenvalue weighted by Crippen LogP contribution is -2.16. The average Bonchev–Trinajstić information content (AvgIpc) is 3.67. The fourth-order valence-electron chi connectivity index (χ4n) is 10.5. The van der Waals surface area contributed by atoms with Crippen LogP contribution in [0.1, 0.15) is 25.0 Å². The van der Waals surface area contributed by atoms with E-state index >= 15 is 0 Å². The Morgan fingerprint density at radius 3 is 1.27 bits per heavy atom. The van der Waals surface area contributed by atoms with Crippen molar-refractivity contribution in [3.63, 3.8) is 0 Å². The zero-order chi connectivity index (χ0) is 47.7. The highest BCUT2D eigenvalue weighted by molar-refractivity contribution is 5.91. The van der Waals surface area contributed by atoms with Gasteiger partial charge in [0.05, 0.1) is 0 Å². The van der Waals surface area contributed by atoms with Crippen LogP contribution >= 0.6 is 0 Å². The molecule has 1 aliphatic rings. The average molecular weight is 909 g/mol. The molecule has 0 aromatic heterocycles. The molecule has 2 nitrogen and oxygen atoms in total. The Bertz CT molecular complexity index is 3640. The van der Waals surface area contributed by atoms with Crippen molar-refractivity contribution in [2.45, 2.75) is 19.3 Å². The van der Waals surface area contributed by atoms with Crippen LogP contribution < -0.4 is 10.2 Å². The summed E-state index contributed by atoms with van der Waals surface area (Å²) in [4.78, 5) is 2.39. The van der Waals surface area contributed by atoms with Gasteiger partial charge in [0.15, 0.2) is 0 Å². The lowest BCUT2D eigenvalue weighted by Gasteiger charge is -2.28. The van der Waals surface area contributed by atoms with E-state index in [1.807, 2.05) is 0 Å². The normalized spacial score (nSPS) is 12.2. The Hall–Kier alpha value is -8.98. The SMILES string of the molecule is CC1(C)c2ccccc2-c2ccc(N(c3ccc(-c4ccccc4)cc3)c3ccc(-c4ccc(Nc5cc(-c6ccccc6)cc(-c6ccc(-c7ccccc7)cc6-c6ccccc6)c5)cc4)cc3)cc21. The molecule has 0 bridgehead atoms. The maximum absolute atomic E-state index is 3.80. The zero-order valence-corrected chi connectivity index (χ0v) is 39.9. The van der Waals surface area contributed by atoms with Crippen LogP contribution in [0.5, 0.6) is 0 Å². The number of hydrogen-bond acceptors (Lipinski definition) is 2. The van der Waals surface area contributed by atoms with Gasteiger partial charge in [-0.1, -0.05) is 214 Å². The number of nitrogens with one attached hydrogen (secondary N) is 1. The van der Waals surface area contributed by atoms with Crippen molar-refractivity contribution in [3.05, 3.63) is 284 Å². The second kappa shape index (κ2) is 18.5. The fraction of sp³-hybridized carbons (Fsp3) is 0.0435. The first kappa shape index (κ1) is 43.3. The second-order valence-electron chi connectivity index (χ2n) is 19.1. The van der Waals surface area contributed by atoms with Gasteiger partial charge in [-0.25, -0.2) is 0 Å². The molecule has 0 saturated heterocycles. The van der Waals surface area contributed by atoms with Gasteiger partial charge in [-0.2, -0.15) is 0 Å². The summed E-state index contributed by atoms with van der Waals surface area (Å²) in [6.07, 6.45) is 0. The van der Waals surface area contributed by atoms with Crippen molar-refractivity contribution in [2.24, 2.45) is 0 Å². The van der Waals surface area contributed by atoms with E-state index in [1.54, 1.807) is 0 Å². The van der Waals surface area contributed by atoms with Crippen LogP contribution in [0, 0.1) is 0 Å². The molecule has 0 atom stereocenters. The van der Waals surface area contributed by atoms with Crippen LogP contribution in [-0.2, 0) is 5.41 Å². The molecule has 0 spiro atoms. The van der Waals surface area contributed by atoms with E-state index in [-0.39, 0.29) is 5.41 Å². The molecule has 0 saturated carbocycles. The van der Waals surface area contributed by atoms with Gasteiger partial charge in [0.2, 0.25) is 0 Å². The fourth-order valence-corrected chi connectivity index (χ4v) is 10.5. The highest BCUT2D eigenvalue weighted by atomic mass is 15.1. The molecular weight excluding hydrogens is 857 g/mol. The van der Waals surface area contributed by atoms with Crippen LogP contribution in [0.3, 0.4) is 0 Å². The largest absolute Gasteiger partial charge is 0.355 e. The molecule has 11 aromatic rings. The second-order valence-corrected chi connectivity index (χ2v) is 19.1. The summed E-state index contributed by atoms with van der Waals surface area (Å²) < 4.78 is 0. The van der Waals surface area contributed by atoms with E-state index in [4.69, 9.17) is 0 Å². The van der Waals surface area contributed by atoms with Crippen LogP contribution in [0.4, 0.5) is 28.4 Å². The zero-order valence-electron chi connectivity index (χ0n) is 39.9. The Morgan fingerprint density at radius 1 is 0.254 bits per heavy atom. The van der Waals surface area contributed by atoms with Crippen LogP contribution in [0.2, 0.25) is 0 Å². The Balaban J connectivity index is 0.861. The molecule has 0 fully saturated rings. The third-order valence-corrected chi connectivity index (χ3v) is 14.3. The third kappa shape index (κ3) is 8.51. The highest BCUT2D eigenvalue weighted by Crippen LogP contribution is 2.51. The molecule has 1 aliphatic carbocycles. The maximum atomic E-state index is 3.80. The number of hydrogen-bond donors (Lipinski definition) is 1. The summed E-state index contributed by atoms with van der Waals surface area (Å²) in [5.74, 6) is 0. The summed E-state index contributed by atoms with van der Waals surface area (Å²) in [7, 11) is 0. The minimum absolute atomic E-state index is 0.108. The molecule has 0 amide bonds. The van der Waals surface area contributed by atoms with Crippen molar-refractivity contribution >= 4 is 28.4 Å². The highest BCUT2D eigenvalue weighted by Gasteiger charge is 2.35. The first-order valence-corrected chi connectivity index (χ1v) is 24.6. The smallest absolute Gasteiger partial charge is 0.0465 e. The van der Waals surface area contributed by atoms with E-state index in [0.717, 1.165) is 50.7 Å².